The first kappa shape index (κ1) is 22.6. The van der Waals surface area contributed by atoms with E-state index in [4.69, 9.17) is 4.52 Å². The van der Waals surface area contributed by atoms with Crippen LogP contribution in [0.1, 0.15) is 24.2 Å². The Labute approximate surface area is 159 Å². The first-order chi connectivity index (χ1) is 12.2. The average molecular weight is 410 g/mol. The van der Waals surface area contributed by atoms with Gasteiger partial charge in [0.15, 0.2) is 5.82 Å². The summed E-state index contributed by atoms with van der Waals surface area (Å²) >= 11 is 0. The Hall–Kier alpha value is -2.40. The zero-order chi connectivity index (χ0) is 19.3. The maximum Gasteiger partial charge on any atom is 0.416 e. The van der Waals surface area contributed by atoms with Crippen molar-refractivity contribution in [3.05, 3.63) is 45.6 Å². The number of halogens is 4. The highest BCUT2D eigenvalue weighted by Crippen LogP contribution is 2.34. The summed E-state index contributed by atoms with van der Waals surface area (Å²) in [6.45, 7) is 2.15. The first-order valence-electron chi connectivity index (χ1n) is 7.79. The molecule has 0 fully saturated rings. The van der Waals surface area contributed by atoms with Gasteiger partial charge < -0.3 is 15.2 Å². The van der Waals surface area contributed by atoms with Crippen LogP contribution in [0.25, 0.3) is 0 Å². The third-order valence-electron chi connectivity index (χ3n) is 3.67. The molecule has 0 saturated heterocycles. The van der Waals surface area contributed by atoms with Gasteiger partial charge in [0.05, 0.1) is 10.5 Å². The number of aromatic nitrogens is 2. The average Bonchev–Trinajstić information content (AvgIpc) is 3.01. The monoisotopic (exact) mass is 409 g/mol. The topological polar surface area (TPSA) is 106 Å². The maximum atomic E-state index is 12.7. The van der Waals surface area contributed by atoms with E-state index in [2.05, 4.69) is 20.8 Å². The highest BCUT2D eigenvalue weighted by atomic mass is 35.5. The normalized spacial score (nSPS) is 12.3. The summed E-state index contributed by atoms with van der Waals surface area (Å²) in [7, 11) is 1.81. The quantitative estimate of drug-likeness (QED) is 0.509. The lowest BCUT2D eigenvalue weighted by Crippen LogP contribution is -2.24. The van der Waals surface area contributed by atoms with E-state index in [0.29, 0.717) is 24.2 Å². The number of nitrogens with zero attached hydrogens (tertiary/aromatic N) is 3. The predicted molar refractivity (Wildman–Crippen MR) is 94.1 cm³/mol. The third-order valence-corrected chi connectivity index (χ3v) is 3.67. The lowest BCUT2D eigenvalue weighted by Gasteiger charge is -2.10. The highest BCUT2D eigenvalue weighted by molar-refractivity contribution is 5.85. The van der Waals surface area contributed by atoms with Gasteiger partial charge in [0.1, 0.15) is 5.69 Å². The number of alkyl halides is 3. The fourth-order valence-corrected chi connectivity index (χ4v) is 2.16. The van der Waals surface area contributed by atoms with Crippen molar-refractivity contribution in [1.82, 2.24) is 15.5 Å². The third kappa shape index (κ3) is 6.36. The second-order valence-electron chi connectivity index (χ2n) is 5.66. The molecule has 150 valence electrons. The van der Waals surface area contributed by atoms with Crippen LogP contribution in [0.4, 0.5) is 24.5 Å². The van der Waals surface area contributed by atoms with Crippen LogP contribution in [0.2, 0.25) is 0 Å². The molecular formula is C15H19ClF3N5O3. The van der Waals surface area contributed by atoms with E-state index in [9.17, 15) is 23.3 Å². The van der Waals surface area contributed by atoms with Gasteiger partial charge in [0.2, 0.25) is 5.89 Å². The molecule has 2 N–H and O–H groups in total. The van der Waals surface area contributed by atoms with E-state index in [1.54, 1.807) is 0 Å². The van der Waals surface area contributed by atoms with Crippen molar-refractivity contribution in [2.75, 3.05) is 18.9 Å². The van der Waals surface area contributed by atoms with Crippen LogP contribution in [0.5, 0.6) is 0 Å². The summed E-state index contributed by atoms with van der Waals surface area (Å²) in [6, 6.07) is 2.51. The Morgan fingerprint density at radius 3 is 2.67 bits per heavy atom. The molecule has 1 atom stereocenters. The lowest BCUT2D eigenvalue weighted by atomic mass is 10.1. The second kappa shape index (κ2) is 9.51. The summed E-state index contributed by atoms with van der Waals surface area (Å²) in [5, 5.41) is 20.6. The number of hydrogen-bond donors (Lipinski definition) is 2. The number of nitro benzene ring substituents is 1. The molecule has 0 aliphatic carbocycles. The van der Waals surface area contributed by atoms with Crippen molar-refractivity contribution in [1.29, 1.82) is 0 Å². The van der Waals surface area contributed by atoms with Crippen molar-refractivity contribution in [3.63, 3.8) is 0 Å². The van der Waals surface area contributed by atoms with Crippen molar-refractivity contribution in [2.45, 2.75) is 32.0 Å². The number of nitrogens with one attached hydrogen (secondary N) is 2. The molecule has 0 spiro atoms. The number of hydrogen-bond acceptors (Lipinski definition) is 7. The summed E-state index contributed by atoms with van der Waals surface area (Å²) in [6.07, 6.45) is -3.79. The molecule has 1 aromatic heterocycles. The molecule has 0 aliphatic heterocycles. The van der Waals surface area contributed by atoms with Gasteiger partial charge in [-0.3, -0.25) is 10.1 Å². The fourth-order valence-electron chi connectivity index (χ4n) is 2.16. The van der Waals surface area contributed by atoms with Crippen LogP contribution < -0.4 is 10.6 Å². The number of anilines is 1. The lowest BCUT2D eigenvalue weighted by molar-refractivity contribution is -0.384. The Kier molecular flexibility index (Phi) is 7.98. The van der Waals surface area contributed by atoms with E-state index in [1.807, 2.05) is 14.0 Å². The van der Waals surface area contributed by atoms with E-state index in [1.165, 1.54) is 0 Å². The standard InChI is InChI=1S/C15H18F3N5O3.ClH/c1-9(19-2)7-13-21-14(26-22-13)5-6-20-11-4-3-10(15(16,17)18)8-12(11)23(24)25;/h3-4,8-9,19-20H,5-7H2,1-2H3;1H. The minimum atomic E-state index is -4.64. The van der Waals surface area contributed by atoms with Gasteiger partial charge >= 0.3 is 6.18 Å². The molecule has 0 saturated carbocycles. The zero-order valence-corrected chi connectivity index (χ0v) is 15.4. The highest BCUT2D eigenvalue weighted by Gasteiger charge is 2.33. The van der Waals surface area contributed by atoms with Crippen LogP contribution in [-0.2, 0) is 19.0 Å². The molecule has 1 unspecified atom stereocenters. The van der Waals surface area contributed by atoms with Gasteiger partial charge in [-0.1, -0.05) is 5.16 Å². The van der Waals surface area contributed by atoms with Crippen molar-refractivity contribution >= 4 is 23.8 Å². The predicted octanol–water partition coefficient (Wildman–Crippen LogP) is 3.22. The number of likely N-dealkylation sites (N-methyl/N-ethyl adjacent to an activating group) is 1. The molecule has 12 heteroatoms. The molecule has 1 aromatic carbocycles. The van der Waals surface area contributed by atoms with Crippen molar-refractivity contribution < 1.29 is 22.6 Å². The van der Waals surface area contributed by atoms with Gasteiger partial charge in [0.25, 0.3) is 5.69 Å². The van der Waals surface area contributed by atoms with Crippen LogP contribution in [0.15, 0.2) is 22.7 Å². The summed E-state index contributed by atoms with van der Waals surface area (Å²) in [4.78, 5) is 14.4. The van der Waals surface area contributed by atoms with E-state index in [0.717, 1.165) is 12.1 Å². The van der Waals surface area contributed by atoms with E-state index >= 15 is 0 Å². The number of rotatable bonds is 8. The molecule has 0 aliphatic rings. The molecule has 8 nitrogen and oxygen atoms in total. The van der Waals surface area contributed by atoms with Gasteiger partial charge in [-0.25, -0.2) is 0 Å². The Balaban J connectivity index is 0.00000364. The van der Waals surface area contributed by atoms with Crippen LogP contribution >= 0.6 is 12.4 Å². The van der Waals surface area contributed by atoms with Gasteiger partial charge in [0, 0.05) is 31.5 Å². The molecular weight excluding hydrogens is 391 g/mol. The summed E-state index contributed by atoms with van der Waals surface area (Å²) in [5.74, 6) is 0.868. The first-order valence-corrected chi connectivity index (χ1v) is 7.79. The fraction of sp³-hybridized carbons (Fsp3) is 0.467. The minimum Gasteiger partial charge on any atom is -0.379 e. The summed E-state index contributed by atoms with van der Waals surface area (Å²) < 4.78 is 43.1. The van der Waals surface area contributed by atoms with Crippen molar-refractivity contribution in [3.8, 4) is 0 Å². The molecule has 2 aromatic rings. The zero-order valence-electron chi connectivity index (χ0n) is 14.5. The summed E-state index contributed by atoms with van der Waals surface area (Å²) in [5.41, 5.74) is -1.73. The molecule has 27 heavy (non-hydrogen) atoms. The molecule has 1 heterocycles. The van der Waals surface area contributed by atoms with Gasteiger partial charge in [-0.15, -0.1) is 12.4 Å². The molecule has 0 radical (unpaired) electrons. The molecule has 0 amide bonds. The minimum absolute atomic E-state index is 0. The van der Waals surface area contributed by atoms with Crippen molar-refractivity contribution in [2.24, 2.45) is 0 Å². The van der Waals surface area contributed by atoms with Gasteiger partial charge in [-0.05, 0) is 26.1 Å². The smallest absolute Gasteiger partial charge is 0.379 e. The molecule has 0 bridgehead atoms. The van der Waals surface area contributed by atoms with Crippen LogP contribution in [0, 0.1) is 10.1 Å². The Bertz CT molecular complexity index is 769. The van der Waals surface area contributed by atoms with E-state index < -0.39 is 22.4 Å². The van der Waals surface area contributed by atoms with Gasteiger partial charge in [-0.2, -0.15) is 18.2 Å². The largest absolute Gasteiger partial charge is 0.416 e. The van der Waals surface area contributed by atoms with Crippen LogP contribution in [0.3, 0.4) is 0 Å². The SMILES string of the molecule is CNC(C)Cc1noc(CCNc2ccc(C(F)(F)F)cc2[N+](=O)[O-])n1.Cl. The number of benzene rings is 1. The van der Waals surface area contributed by atoms with E-state index in [-0.39, 0.29) is 37.1 Å². The second-order valence-corrected chi connectivity index (χ2v) is 5.66. The molecule has 2 rings (SSSR count). The maximum absolute atomic E-state index is 12.7. The Morgan fingerprint density at radius 2 is 2.07 bits per heavy atom. The number of nitro groups is 1. The Morgan fingerprint density at radius 1 is 1.37 bits per heavy atom. The van der Waals surface area contributed by atoms with Crippen LogP contribution in [-0.4, -0.2) is 34.7 Å².